The van der Waals surface area contributed by atoms with Crippen LogP contribution in [-0.4, -0.2) is 18.6 Å². The summed E-state index contributed by atoms with van der Waals surface area (Å²) in [6, 6.07) is 5.96. The van der Waals surface area contributed by atoms with Crippen LogP contribution in [0.3, 0.4) is 0 Å². The van der Waals surface area contributed by atoms with Crippen molar-refractivity contribution >= 4 is 5.91 Å². The number of rotatable bonds is 5. The number of hydrogen-bond donors (Lipinski definition) is 1. The van der Waals surface area contributed by atoms with Gasteiger partial charge in [0.15, 0.2) is 6.10 Å². The molecule has 3 nitrogen and oxygen atoms in total. The van der Waals surface area contributed by atoms with Crippen LogP contribution in [0.1, 0.15) is 31.4 Å². The van der Waals surface area contributed by atoms with Gasteiger partial charge in [0, 0.05) is 6.54 Å². The Labute approximate surface area is 103 Å². The van der Waals surface area contributed by atoms with Crippen LogP contribution in [0.15, 0.2) is 18.2 Å². The normalized spacial score (nSPS) is 12.0. The number of nitrogens with one attached hydrogen (secondary N) is 1. The van der Waals surface area contributed by atoms with Crippen LogP contribution in [-0.2, 0) is 4.79 Å². The predicted octanol–water partition coefficient (Wildman–Crippen LogP) is 2.60. The lowest BCUT2D eigenvalue weighted by molar-refractivity contribution is -0.127. The van der Waals surface area contributed by atoms with Crippen molar-refractivity contribution in [2.45, 2.75) is 40.2 Å². The molecule has 1 rings (SSSR count). The summed E-state index contributed by atoms with van der Waals surface area (Å²) in [5.74, 6) is 0.688. The molecule has 17 heavy (non-hydrogen) atoms. The van der Waals surface area contributed by atoms with Gasteiger partial charge in [-0.25, -0.2) is 0 Å². The predicted molar refractivity (Wildman–Crippen MR) is 69.3 cm³/mol. The maximum Gasteiger partial charge on any atom is 0.260 e. The summed E-state index contributed by atoms with van der Waals surface area (Å²) in [5.41, 5.74) is 2.28. The molecular weight excluding hydrogens is 214 g/mol. The summed E-state index contributed by atoms with van der Waals surface area (Å²) < 4.78 is 5.62. The molecule has 0 fully saturated rings. The second-order valence-corrected chi connectivity index (χ2v) is 4.37. The number of ether oxygens (including phenoxy) is 1. The standard InChI is InChI=1S/C14H21NO2/c1-5-6-15-14(16)12(4)17-13-8-10(2)7-11(3)9-13/h7-9,12H,5-6H2,1-4H3,(H,15,16). The van der Waals surface area contributed by atoms with E-state index in [9.17, 15) is 4.79 Å². The molecule has 0 saturated heterocycles. The van der Waals surface area contributed by atoms with Gasteiger partial charge < -0.3 is 10.1 Å². The van der Waals surface area contributed by atoms with E-state index >= 15 is 0 Å². The number of amides is 1. The fourth-order valence-corrected chi connectivity index (χ4v) is 1.65. The third-order valence-corrected chi connectivity index (χ3v) is 2.43. The van der Waals surface area contributed by atoms with Crippen LogP contribution >= 0.6 is 0 Å². The van der Waals surface area contributed by atoms with Crippen LogP contribution in [0.4, 0.5) is 0 Å². The summed E-state index contributed by atoms with van der Waals surface area (Å²) in [4.78, 5) is 11.6. The fourth-order valence-electron chi connectivity index (χ4n) is 1.65. The SMILES string of the molecule is CCCNC(=O)C(C)Oc1cc(C)cc(C)c1. The minimum atomic E-state index is -0.456. The van der Waals surface area contributed by atoms with E-state index in [0.717, 1.165) is 23.3 Å². The third-order valence-electron chi connectivity index (χ3n) is 2.43. The van der Waals surface area contributed by atoms with Gasteiger partial charge in [-0.3, -0.25) is 4.79 Å². The Morgan fingerprint density at radius 1 is 1.29 bits per heavy atom. The van der Waals surface area contributed by atoms with E-state index in [4.69, 9.17) is 4.74 Å². The Morgan fingerprint density at radius 2 is 1.88 bits per heavy atom. The topological polar surface area (TPSA) is 38.3 Å². The molecule has 0 bridgehead atoms. The zero-order valence-corrected chi connectivity index (χ0v) is 11.0. The molecule has 0 heterocycles. The van der Waals surface area contributed by atoms with Crippen molar-refractivity contribution in [3.63, 3.8) is 0 Å². The molecular formula is C14H21NO2. The number of benzene rings is 1. The maximum absolute atomic E-state index is 11.6. The lowest BCUT2D eigenvalue weighted by Crippen LogP contribution is -2.36. The van der Waals surface area contributed by atoms with Crippen LogP contribution in [0.5, 0.6) is 5.75 Å². The van der Waals surface area contributed by atoms with Crippen LogP contribution in [0, 0.1) is 13.8 Å². The number of carbonyl (C=O) groups excluding carboxylic acids is 1. The largest absolute Gasteiger partial charge is 0.481 e. The first-order chi connectivity index (χ1) is 8.02. The molecule has 1 unspecified atom stereocenters. The lowest BCUT2D eigenvalue weighted by atomic mass is 10.1. The highest BCUT2D eigenvalue weighted by Gasteiger charge is 2.13. The molecule has 1 N–H and O–H groups in total. The Bertz CT molecular complexity index is 368. The molecule has 0 aliphatic rings. The maximum atomic E-state index is 11.6. The van der Waals surface area contributed by atoms with Gasteiger partial charge in [0.2, 0.25) is 0 Å². The van der Waals surface area contributed by atoms with E-state index in [1.165, 1.54) is 0 Å². The molecule has 0 radical (unpaired) electrons. The third kappa shape index (κ3) is 4.47. The molecule has 0 aromatic heterocycles. The van der Waals surface area contributed by atoms with Crippen molar-refractivity contribution in [3.05, 3.63) is 29.3 Å². The van der Waals surface area contributed by atoms with Gasteiger partial charge in [-0.1, -0.05) is 13.0 Å². The summed E-state index contributed by atoms with van der Waals surface area (Å²) >= 11 is 0. The van der Waals surface area contributed by atoms with Gasteiger partial charge in [-0.15, -0.1) is 0 Å². The number of carbonyl (C=O) groups is 1. The van der Waals surface area contributed by atoms with Gasteiger partial charge >= 0.3 is 0 Å². The second kappa shape index (κ2) is 6.28. The average molecular weight is 235 g/mol. The molecule has 1 aromatic rings. The highest BCUT2D eigenvalue weighted by molar-refractivity contribution is 5.80. The van der Waals surface area contributed by atoms with Crippen LogP contribution < -0.4 is 10.1 Å². The Hall–Kier alpha value is -1.51. The smallest absolute Gasteiger partial charge is 0.260 e. The summed E-state index contributed by atoms with van der Waals surface area (Å²) in [6.45, 7) is 8.52. The van der Waals surface area contributed by atoms with E-state index in [2.05, 4.69) is 11.4 Å². The van der Waals surface area contributed by atoms with Gasteiger partial charge in [0.05, 0.1) is 0 Å². The van der Waals surface area contributed by atoms with Crippen molar-refractivity contribution in [3.8, 4) is 5.75 Å². The van der Waals surface area contributed by atoms with Crippen molar-refractivity contribution in [2.75, 3.05) is 6.54 Å². The Kier molecular flexibility index (Phi) is 5.01. The lowest BCUT2D eigenvalue weighted by Gasteiger charge is -2.15. The first kappa shape index (κ1) is 13.6. The van der Waals surface area contributed by atoms with E-state index < -0.39 is 6.10 Å². The second-order valence-electron chi connectivity index (χ2n) is 4.37. The minimum absolute atomic E-state index is 0.0639. The van der Waals surface area contributed by atoms with Gasteiger partial charge in [-0.05, 0) is 50.5 Å². The van der Waals surface area contributed by atoms with E-state index in [0.29, 0.717) is 6.54 Å². The molecule has 1 aromatic carbocycles. The van der Waals surface area contributed by atoms with Crippen molar-refractivity contribution in [2.24, 2.45) is 0 Å². The summed E-state index contributed by atoms with van der Waals surface area (Å²) in [7, 11) is 0. The van der Waals surface area contributed by atoms with E-state index in [1.54, 1.807) is 6.92 Å². The molecule has 94 valence electrons. The fraction of sp³-hybridized carbons (Fsp3) is 0.500. The molecule has 0 saturated carbocycles. The molecule has 1 atom stereocenters. The van der Waals surface area contributed by atoms with Crippen molar-refractivity contribution < 1.29 is 9.53 Å². The quantitative estimate of drug-likeness (QED) is 0.852. The van der Waals surface area contributed by atoms with Crippen molar-refractivity contribution in [1.82, 2.24) is 5.32 Å². The molecule has 0 spiro atoms. The van der Waals surface area contributed by atoms with E-state index in [1.807, 2.05) is 32.9 Å². The minimum Gasteiger partial charge on any atom is -0.481 e. The highest BCUT2D eigenvalue weighted by Crippen LogP contribution is 2.17. The molecule has 1 amide bonds. The zero-order chi connectivity index (χ0) is 12.8. The summed E-state index contributed by atoms with van der Waals surface area (Å²) in [6.07, 6.45) is 0.477. The highest BCUT2D eigenvalue weighted by atomic mass is 16.5. The van der Waals surface area contributed by atoms with Crippen molar-refractivity contribution in [1.29, 1.82) is 0 Å². The number of aryl methyl sites for hydroxylation is 2. The average Bonchev–Trinajstić information content (AvgIpc) is 2.24. The Balaban J connectivity index is 2.60. The van der Waals surface area contributed by atoms with Gasteiger partial charge in [-0.2, -0.15) is 0 Å². The Morgan fingerprint density at radius 3 is 2.41 bits per heavy atom. The molecule has 0 aliphatic heterocycles. The van der Waals surface area contributed by atoms with Gasteiger partial charge in [0.1, 0.15) is 5.75 Å². The molecule has 0 aliphatic carbocycles. The number of hydrogen-bond acceptors (Lipinski definition) is 2. The summed E-state index contributed by atoms with van der Waals surface area (Å²) in [5, 5.41) is 2.82. The first-order valence-electron chi connectivity index (χ1n) is 6.05. The van der Waals surface area contributed by atoms with Crippen LogP contribution in [0.2, 0.25) is 0 Å². The van der Waals surface area contributed by atoms with Crippen LogP contribution in [0.25, 0.3) is 0 Å². The molecule has 3 heteroatoms. The first-order valence-corrected chi connectivity index (χ1v) is 6.05. The van der Waals surface area contributed by atoms with Gasteiger partial charge in [0.25, 0.3) is 5.91 Å². The van der Waals surface area contributed by atoms with E-state index in [-0.39, 0.29) is 5.91 Å². The monoisotopic (exact) mass is 235 g/mol. The zero-order valence-electron chi connectivity index (χ0n) is 11.0.